The average Bonchev–Trinajstić information content (AvgIpc) is 3.47. The third-order valence-corrected chi connectivity index (χ3v) is 4.91. The summed E-state index contributed by atoms with van der Waals surface area (Å²) in [5, 5.41) is 12.2. The van der Waals surface area contributed by atoms with E-state index in [-0.39, 0.29) is 11.6 Å². The van der Waals surface area contributed by atoms with Gasteiger partial charge in [0.05, 0.1) is 23.0 Å². The van der Waals surface area contributed by atoms with Gasteiger partial charge in [0.25, 0.3) is 5.91 Å². The number of hydrogen-bond acceptors (Lipinski definition) is 6. The van der Waals surface area contributed by atoms with Crippen LogP contribution in [-0.2, 0) is 0 Å². The number of nitrogens with one attached hydrogen (secondary N) is 1. The van der Waals surface area contributed by atoms with Crippen LogP contribution in [0, 0.1) is 12.7 Å². The highest BCUT2D eigenvalue weighted by Crippen LogP contribution is 2.25. The predicted octanol–water partition coefficient (Wildman–Crippen LogP) is 4.06. The third-order valence-electron chi connectivity index (χ3n) is 4.49. The smallest absolute Gasteiger partial charge is 0.292 e. The van der Waals surface area contributed by atoms with E-state index in [2.05, 4.69) is 41.4 Å². The van der Waals surface area contributed by atoms with Gasteiger partial charge < -0.3 is 9.73 Å². The Morgan fingerprint density at radius 3 is 2.68 bits per heavy atom. The van der Waals surface area contributed by atoms with Crippen LogP contribution in [0.5, 0.6) is 0 Å². The lowest BCUT2D eigenvalue weighted by molar-refractivity contribution is 0.0994. The molecule has 0 aliphatic carbocycles. The number of carbonyl (C=O) groups is 1. The van der Waals surface area contributed by atoms with Gasteiger partial charge in [0.2, 0.25) is 0 Å². The van der Waals surface area contributed by atoms with E-state index in [1.54, 1.807) is 48.1 Å². The molecule has 5 aromatic rings. The SMILES string of the molecule is Cc1cc(NC(=O)c2ccc(Br)o2)n(-c2ncnc3c2cnn3-c2ccc(F)cc2)n1. The minimum atomic E-state index is -0.431. The Hall–Kier alpha value is -3.86. The summed E-state index contributed by atoms with van der Waals surface area (Å²) in [5.74, 6) is 0.215. The zero-order valence-electron chi connectivity index (χ0n) is 16.0. The second-order valence-electron chi connectivity index (χ2n) is 6.61. The van der Waals surface area contributed by atoms with E-state index in [1.165, 1.54) is 23.1 Å². The van der Waals surface area contributed by atoms with Crippen LogP contribution in [0.1, 0.15) is 16.2 Å². The molecule has 11 heteroatoms. The average molecular weight is 482 g/mol. The second kappa shape index (κ2) is 7.43. The molecule has 1 amide bonds. The van der Waals surface area contributed by atoms with Gasteiger partial charge in [-0.25, -0.2) is 19.0 Å². The maximum atomic E-state index is 13.3. The molecule has 9 nitrogen and oxygen atoms in total. The molecular weight excluding hydrogens is 469 g/mol. The summed E-state index contributed by atoms with van der Waals surface area (Å²) in [4.78, 5) is 21.2. The first-order chi connectivity index (χ1) is 15.0. The molecule has 0 atom stereocenters. The molecule has 5 rings (SSSR count). The number of amides is 1. The first-order valence-electron chi connectivity index (χ1n) is 9.08. The van der Waals surface area contributed by atoms with Crippen molar-refractivity contribution in [2.45, 2.75) is 6.92 Å². The summed E-state index contributed by atoms with van der Waals surface area (Å²) in [6.07, 6.45) is 2.98. The van der Waals surface area contributed by atoms with Gasteiger partial charge in [0.1, 0.15) is 18.0 Å². The quantitative estimate of drug-likeness (QED) is 0.415. The van der Waals surface area contributed by atoms with Crippen molar-refractivity contribution in [1.29, 1.82) is 0 Å². The van der Waals surface area contributed by atoms with Crippen LogP contribution < -0.4 is 5.32 Å². The van der Waals surface area contributed by atoms with Crippen molar-refractivity contribution in [3.63, 3.8) is 0 Å². The fraction of sp³-hybridized carbons (Fsp3) is 0.0500. The summed E-state index contributed by atoms with van der Waals surface area (Å²) in [5.41, 5.74) is 1.83. The number of fused-ring (bicyclic) bond motifs is 1. The number of nitrogens with zero attached hydrogens (tertiary/aromatic N) is 6. The molecule has 1 aromatic carbocycles. The number of aryl methyl sites for hydroxylation is 1. The molecule has 0 bridgehead atoms. The van der Waals surface area contributed by atoms with Crippen molar-refractivity contribution >= 4 is 38.7 Å². The summed E-state index contributed by atoms with van der Waals surface area (Å²) in [6.45, 7) is 1.80. The summed E-state index contributed by atoms with van der Waals surface area (Å²) in [7, 11) is 0. The Labute approximate surface area is 182 Å². The largest absolute Gasteiger partial charge is 0.444 e. The fourth-order valence-electron chi connectivity index (χ4n) is 3.14. The van der Waals surface area contributed by atoms with E-state index in [4.69, 9.17) is 4.42 Å². The zero-order chi connectivity index (χ0) is 21.5. The standard InChI is InChI=1S/C20H13BrFN7O2/c1-11-8-17(26-20(30)15-6-7-16(21)31-15)29(27-11)19-14-9-25-28(18(14)23-10-24-19)13-4-2-12(22)3-5-13/h2-10H,1H3,(H,26,30). The number of benzene rings is 1. The van der Waals surface area contributed by atoms with E-state index in [0.717, 1.165) is 0 Å². The Morgan fingerprint density at radius 2 is 1.94 bits per heavy atom. The van der Waals surface area contributed by atoms with E-state index in [0.29, 0.717) is 38.7 Å². The first-order valence-corrected chi connectivity index (χ1v) is 9.87. The van der Waals surface area contributed by atoms with Crippen LogP contribution in [-0.4, -0.2) is 35.4 Å². The normalized spacial score (nSPS) is 11.2. The molecule has 0 radical (unpaired) electrons. The van der Waals surface area contributed by atoms with Crippen LogP contribution in [0.3, 0.4) is 0 Å². The summed E-state index contributed by atoms with van der Waals surface area (Å²) >= 11 is 3.18. The molecule has 4 heterocycles. The van der Waals surface area contributed by atoms with Gasteiger partial charge in [-0.3, -0.25) is 4.79 Å². The van der Waals surface area contributed by atoms with Crippen LogP contribution >= 0.6 is 15.9 Å². The molecule has 0 fully saturated rings. The van der Waals surface area contributed by atoms with Crippen molar-refractivity contribution in [2.75, 3.05) is 5.32 Å². The lowest BCUT2D eigenvalue weighted by Crippen LogP contribution is -2.15. The van der Waals surface area contributed by atoms with Gasteiger partial charge in [-0.15, -0.1) is 0 Å². The maximum absolute atomic E-state index is 13.3. The molecule has 31 heavy (non-hydrogen) atoms. The van der Waals surface area contributed by atoms with Crippen molar-refractivity contribution in [1.82, 2.24) is 29.5 Å². The minimum absolute atomic E-state index is 0.147. The molecule has 4 aromatic heterocycles. The van der Waals surface area contributed by atoms with Gasteiger partial charge in [-0.1, -0.05) is 0 Å². The van der Waals surface area contributed by atoms with E-state index >= 15 is 0 Å². The van der Waals surface area contributed by atoms with Crippen molar-refractivity contribution in [3.8, 4) is 11.5 Å². The van der Waals surface area contributed by atoms with Crippen LogP contribution in [0.25, 0.3) is 22.5 Å². The minimum Gasteiger partial charge on any atom is -0.444 e. The number of carbonyl (C=O) groups excluding carboxylic acids is 1. The van der Waals surface area contributed by atoms with Crippen LogP contribution in [0.15, 0.2) is 64.1 Å². The molecule has 0 saturated carbocycles. The predicted molar refractivity (Wildman–Crippen MR) is 113 cm³/mol. The van der Waals surface area contributed by atoms with Crippen molar-refractivity contribution < 1.29 is 13.6 Å². The van der Waals surface area contributed by atoms with Gasteiger partial charge in [-0.2, -0.15) is 14.9 Å². The topological polar surface area (TPSA) is 104 Å². The highest BCUT2D eigenvalue weighted by Gasteiger charge is 2.19. The number of anilines is 1. The summed E-state index contributed by atoms with van der Waals surface area (Å²) < 4.78 is 22.1. The Morgan fingerprint density at radius 1 is 1.13 bits per heavy atom. The molecule has 154 valence electrons. The molecule has 0 spiro atoms. The number of hydrogen-bond donors (Lipinski definition) is 1. The molecule has 0 aliphatic heterocycles. The Kier molecular flexibility index (Phi) is 4.59. The molecule has 1 N–H and O–H groups in total. The Balaban J connectivity index is 1.57. The molecule has 0 saturated heterocycles. The first kappa shape index (κ1) is 19.1. The van der Waals surface area contributed by atoms with E-state index in [1.807, 2.05) is 0 Å². The number of rotatable bonds is 4. The van der Waals surface area contributed by atoms with Gasteiger partial charge in [0, 0.05) is 6.07 Å². The van der Waals surface area contributed by atoms with Gasteiger partial charge >= 0.3 is 0 Å². The van der Waals surface area contributed by atoms with E-state index in [9.17, 15) is 9.18 Å². The monoisotopic (exact) mass is 481 g/mol. The summed E-state index contributed by atoms with van der Waals surface area (Å²) in [6, 6.07) is 10.8. The zero-order valence-corrected chi connectivity index (χ0v) is 17.5. The van der Waals surface area contributed by atoms with Crippen LogP contribution in [0.2, 0.25) is 0 Å². The molecule has 0 aliphatic rings. The van der Waals surface area contributed by atoms with E-state index < -0.39 is 5.91 Å². The highest BCUT2D eigenvalue weighted by atomic mass is 79.9. The Bertz CT molecular complexity index is 1420. The second-order valence-corrected chi connectivity index (χ2v) is 7.39. The molecule has 0 unspecified atom stereocenters. The van der Waals surface area contributed by atoms with Crippen molar-refractivity contribution in [3.05, 3.63) is 76.9 Å². The van der Waals surface area contributed by atoms with Crippen molar-refractivity contribution in [2.24, 2.45) is 0 Å². The highest BCUT2D eigenvalue weighted by molar-refractivity contribution is 9.10. The lowest BCUT2D eigenvalue weighted by Gasteiger charge is -2.08. The van der Waals surface area contributed by atoms with Crippen LogP contribution in [0.4, 0.5) is 10.2 Å². The number of halogens is 2. The fourth-order valence-corrected chi connectivity index (χ4v) is 3.44. The lowest BCUT2D eigenvalue weighted by atomic mass is 10.3. The number of aromatic nitrogens is 6. The molecular formula is C20H13BrFN7O2. The third kappa shape index (κ3) is 3.48. The van der Waals surface area contributed by atoms with Gasteiger partial charge in [-0.05, 0) is 59.3 Å². The number of furan rings is 1. The maximum Gasteiger partial charge on any atom is 0.292 e. The van der Waals surface area contributed by atoms with Gasteiger partial charge in [0.15, 0.2) is 21.9 Å².